The predicted molar refractivity (Wildman–Crippen MR) is 240 cm³/mol. The van der Waals surface area contributed by atoms with Crippen molar-refractivity contribution in [1.29, 1.82) is 0 Å². The Kier molecular flexibility index (Phi) is 16.0. The summed E-state index contributed by atoms with van der Waals surface area (Å²) in [5, 5.41) is 0. The van der Waals surface area contributed by atoms with Crippen LogP contribution in [0.5, 0.6) is 0 Å². The molecule has 0 saturated carbocycles. The van der Waals surface area contributed by atoms with E-state index in [1.54, 1.807) is 67.6 Å². The average Bonchev–Trinajstić information content (AvgIpc) is 3.81. The molecule has 4 nitrogen and oxygen atoms in total. The van der Waals surface area contributed by atoms with E-state index in [-0.39, 0.29) is 46.3 Å². The molecule has 1 aromatic heterocycles. The van der Waals surface area contributed by atoms with E-state index in [0.29, 0.717) is 21.2 Å². The molecule has 0 bridgehead atoms. The minimum absolute atomic E-state index is 0.0104. The van der Waals surface area contributed by atoms with Crippen molar-refractivity contribution in [3.05, 3.63) is 142 Å². The number of allylic oxidation sites excluding steroid dienone is 1. The molecule has 384 valence electrons. The van der Waals surface area contributed by atoms with Crippen molar-refractivity contribution in [3.63, 3.8) is 0 Å². The standard InChI is InChI=1S/C48H44BF13N2O2.C2H3F3/c1-28-12-14-31(15-13-28)39-34-10-8-9-11-35(34)40(63-39)37(25-46(54,55)56)41-36(29-16-20-32(21-17-29)42(2,3)4)24-38(30-18-22-33(23-19-30)43(5,6)7)64(41)49(65-26-44(50,51)47(57,58)59)66-27-45(52,53)48(60,61)62;1-2(3,4)5/h8-24H,25-27H2,1-7H3;1H3/b40-37-;. The fourth-order valence-electron chi connectivity index (χ4n) is 7.27. The normalized spacial score (nSPS) is 14.7. The molecule has 4 aromatic carbocycles. The molecule has 2 heterocycles. The molecule has 0 atom stereocenters. The summed E-state index contributed by atoms with van der Waals surface area (Å²) >= 11 is 0. The van der Waals surface area contributed by atoms with E-state index < -0.39 is 85.5 Å². The zero-order valence-corrected chi connectivity index (χ0v) is 39.3. The Morgan fingerprint density at radius 1 is 0.521 bits per heavy atom. The number of aromatic nitrogens is 1. The van der Waals surface area contributed by atoms with E-state index in [9.17, 15) is 57.1 Å². The van der Waals surface area contributed by atoms with Gasteiger partial charge < -0.3 is 13.8 Å². The third-order valence-electron chi connectivity index (χ3n) is 10.9. The first-order valence-corrected chi connectivity index (χ1v) is 21.5. The average molecular weight is 1020 g/mol. The van der Waals surface area contributed by atoms with Crippen molar-refractivity contribution in [2.24, 2.45) is 4.99 Å². The molecule has 6 rings (SSSR count). The summed E-state index contributed by atoms with van der Waals surface area (Å²) in [6, 6.07) is 26.4. The molecular weight excluding hydrogens is 975 g/mol. The van der Waals surface area contributed by atoms with Crippen LogP contribution in [0.2, 0.25) is 0 Å². The summed E-state index contributed by atoms with van der Waals surface area (Å²) in [5.74, 6) is -11.5. The van der Waals surface area contributed by atoms with Crippen LogP contribution in [-0.4, -0.2) is 67.2 Å². The third-order valence-corrected chi connectivity index (χ3v) is 10.9. The Morgan fingerprint density at radius 3 is 1.34 bits per heavy atom. The lowest BCUT2D eigenvalue weighted by molar-refractivity contribution is -0.295. The first-order valence-electron chi connectivity index (χ1n) is 21.5. The molecule has 0 amide bonds. The Balaban J connectivity index is 0.00000178. The maximum Gasteiger partial charge on any atom is 0.598 e. The van der Waals surface area contributed by atoms with E-state index in [4.69, 9.17) is 14.3 Å². The van der Waals surface area contributed by atoms with E-state index in [1.165, 1.54) is 42.5 Å². The first kappa shape index (κ1) is 56.4. The molecule has 21 heteroatoms. The number of hydrogen-bond acceptors (Lipinski definition) is 3. The highest BCUT2D eigenvalue weighted by atomic mass is 19.4. The van der Waals surface area contributed by atoms with Crippen LogP contribution in [0, 0.1) is 6.92 Å². The van der Waals surface area contributed by atoms with Crippen LogP contribution in [0.25, 0.3) is 33.7 Å². The quantitative estimate of drug-likeness (QED) is 0.0922. The summed E-state index contributed by atoms with van der Waals surface area (Å²) in [6.07, 6.45) is -23.7. The molecule has 5 aromatic rings. The number of benzene rings is 4. The van der Waals surface area contributed by atoms with Crippen LogP contribution < -0.4 is 0 Å². The molecule has 0 N–H and O–H groups in total. The molecule has 0 aliphatic carbocycles. The molecule has 0 fully saturated rings. The highest BCUT2D eigenvalue weighted by Gasteiger charge is 2.60. The van der Waals surface area contributed by atoms with Crippen molar-refractivity contribution in [2.75, 3.05) is 13.2 Å². The van der Waals surface area contributed by atoms with Gasteiger partial charge in [-0.1, -0.05) is 144 Å². The topological polar surface area (TPSA) is 35.8 Å². The zero-order chi connectivity index (χ0) is 53.5. The molecule has 1 aliphatic heterocycles. The van der Waals surface area contributed by atoms with Crippen molar-refractivity contribution in [3.8, 4) is 22.4 Å². The van der Waals surface area contributed by atoms with Crippen molar-refractivity contribution in [2.45, 2.75) is 109 Å². The van der Waals surface area contributed by atoms with E-state index in [1.807, 2.05) is 41.5 Å². The third kappa shape index (κ3) is 13.9. The maximum atomic E-state index is 15.3. The molecule has 0 saturated heterocycles. The number of alkyl halides is 16. The predicted octanol–water partition coefficient (Wildman–Crippen LogP) is 16.2. The summed E-state index contributed by atoms with van der Waals surface area (Å²) in [4.78, 5) is 4.72. The van der Waals surface area contributed by atoms with E-state index in [0.717, 1.165) is 11.1 Å². The van der Waals surface area contributed by atoms with Crippen LogP contribution in [0.3, 0.4) is 0 Å². The van der Waals surface area contributed by atoms with Crippen LogP contribution in [-0.2, 0) is 20.1 Å². The fourth-order valence-corrected chi connectivity index (χ4v) is 7.27. The van der Waals surface area contributed by atoms with Gasteiger partial charge >= 0.3 is 43.8 Å². The van der Waals surface area contributed by atoms with Gasteiger partial charge in [0.25, 0.3) is 0 Å². The number of hydrogen-bond donors (Lipinski definition) is 0. The Morgan fingerprint density at radius 2 is 0.930 bits per heavy atom. The Labute approximate surface area is 399 Å². The summed E-state index contributed by atoms with van der Waals surface area (Å²) < 4.78 is 229. The zero-order valence-electron chi connectivity index (χ0n) is 39.3. The van der Waals surface area contributed by atoms with E-state index in [2.05, 4.69) is 0 Å². The smallest absolute Gasteiger partial charge is 0.385 e. The molecular formula is C50H47BF16N2O2. The van der Waals surface area contributed by atoms with Gasteiger partial charge in [0.05, 0.1) is 17.8 Å². The minimum atomic E-state index is -6.34. The molecule has 1 aliphatic rings. The monoisotopic (exact) mass is 1020 g/mol. The molecule has 0 radical (unpaired) electrons. The second-order valence-electron chi connectivity index (χ2n) is 18.9. The molecule has 71 heavy (non-hydrogen) atoms. The van der Waals surface area contributed by atoms with Gasteiger partial charge in [-0.2, -0.15) is 70.2 Å². The lowest BCUT2D eigenvalue weighted by Gasteiger charge is -2.28. The highest BCUT2D eigenvalue weighted by Crippen LogP contribution is 2.48. The van der Waals surface area contributed by atoms with Crippen LogP contribution in [0.4, 0.5) is 70.2 Å². The second-order valence-corrected chi connectivity index (χ2v) is 18.9. The van der Waals surface area contributed by atoms with Gasteiger partial charge in [0.1, 0.15) is 13.2 Å². The van der Waals surface area contributed by atoms with Crippen molar-refractivity contribution in [1.82, 2.24) is 4.48 Å². The highest BCUT2D eigenvalue weighted by molar-refractivity contribution is 6.44. The number of aryl methyl sites for hydroxylation is 1. The van der Waals surface area contributed by atoms with Crippen molar-refractivity contribution >= 4 is 24.2 Å². The Bertz CT molecular complexity index is 2660. The minimum Gasteiger partial charge on any atom is -0.385 e. The SMILES string of the molecule is CC(F)(F)F.Cc1ccc(C2=N/C(=C(/CC(F)(F)F)c3c(-c4ccc(C(C)(C)C)cc4)cc(-c4ccc(C(C)(C)C)cc4)n3B(OCC(F)(F)C(F)(F)F)OCC(F)(F)C(F)(F)F)c3ccccc32)cc1. The van der Waals surface area contributed by atoms with E-state index >= 15 is 13.2 Å². The fraction of sp³-hybridized carbons (Fsp3) is 0.380. The maximum absolute atomic E-state index is 15.3. The number of fused-ring (bicyclic) bond motifs is 1. The van der Waals surface area contributed by atoms with Crippen LogP contribution >= 0.6 is 0 Å². The summed E-state index contributed by atoms with van der Waals surface area (Å²) in [6.45, 7) is 7.75. The van der Waals surface area contributed by atoms with Crippen LogP contribution in [0.1, 0.15) is 94.0 Å². The number of rotatable bonds is 12. The van der Waals surface area contributed by atoms with Crippen molar-refractivity contribution < 1.29 is 79.6 Å². The van der Waals surface area contributed by atoms with Gasteiger partial charge in [-0.25, -0.2) is 4.99 Å². The van der Waals surface area contributed by atoms with Gasteiger partial charge in [-0.15, -0.1) is 0 Å². The molecule has 0 unspecified atom stereocenters. The molecule has 0 spiro atoms. The van der Waals surface area contributed by atoms with Crippen LogP contribution in [0.15, 0.2) is 108 Å². The van der Waals surface area contributed by atoms with Gasteiger partial charge in [0, 0.05) is 46.1 Å². The van der Waals surface area contributed by atoms with Gasteiger partial charge in [-0.3, -0.25) is 0 Å². The van der Waals surface area contributed by atoms with Gasteiger partial charge in [0.2, 0.25) is 0 Å². The summed E-state index contributed by atoms with van der Waals surface area (Å²) in [5.41, 5.74) is 0.125. The number of aliphatic imine (C=N–C) groups is 1. The lowest BCUT2D eigenvalue weighted by atomic mass is 9.86. The van der Waals surface area contributed by atoms with Gasteiger partial charge in [-0.05, 0) is 46.1 Å². The second kappa shape index (κ2) is 20.2. The first-order chi connectivity index (χ1) is 32.3. The largest absolute Gasteiger partial charge is 0.598 e. The van der Waals surface area contributed by atoms with Gasteiger partial charge in [0.15, 0.2) is 0 Å². The number of nitrogens with zero attached hydrogens (tertiary/aromatic N) is 2. The number of halogens is 16. The Hall–Kier alpha value is -5.57. The lowest BCUT2D eigenvalue weighted by Crippen LogP contribution is -2.48. The summed E-state index contributed by atoms with van der Waals surface area (Å²) in [7, 11) is -3.10.